The fourth-order valence-corrected chi connectivity index (χ4v) is 2.83. The summed E-state index contributed by atoms with van der Waals surface area (Å²) in [5, 5.41) is 2.77. The molecule has 0 aromatic heterocycles. The van der Waals surface area contributed by atoms with Crippen LogP contribution in [0.3, 0.4) is 0 Å². The highest BCUT2D eigenvalue weighted by atomic mass is 19.3. The Morgan fingerprint density at radius 3 is 2.92 bits per heavy atom. The lowest BCUT2D eigenvalue weighted by atomic mass is 10.1. The van der Waals surface area contributed by atoms with Crippen molar-refractivity contribution in [2.24, 2.45) is 0 Å². The van der Waals surface area contributed by atoms with Gasteiger partial charge in [-0.25, -0.2) is 0 Å². The Morgan fingerprint density at radius 2 is 2.21 bits per heavy atom. The number of nitrogens with zero attached hydrogens (tertiary/aromatic N) is 1. The van der Waals surface area contributed by atoms with E-state index >= 15 is 0 Å². The summed E-state index contributed by atoms with van der Waals surface area (Å²) in [6.07, 6.45) is 2.65. The van der Waals surface area contributed by atoms with Crippen molar-refractivity contribution in [1.82, 2.24) is 10.2 Å². The second kappa shape index (κ2) is 8.61. The molecule has 1 aliphatic heterocycles. The quantitative estimate of drug-likeness (QED) is 0.830. The van der Waals surface area contributed by atoms with Crippen LogP contribution in [0.2, 0.25) is 0 Å². The van der Waals surface area contributed by atoms with E-state index in [-0.39, 0.29) is 24.1 Å². The number of alkyl halides is 2. The molecule has 1 atom stereocenters. The zero-order valence-electron chi connectivity index (χ0n) is 13.6. The second-order valence-electron chi connectivity index (χ2n) is 5.74. The zero-order valence-corrected chi connectivity index (χ0v) is 13.6. The van der Waals surface area contributed by atoms with Crippen molar-refractivity contribution < 1.29 is 23.1 Å². The number of ether oxygens (including phenoxy) is 1. The van der Waals surface area contributed by atoms with Gasteiger partial charge in [0.25, 0.3) is 0 Å². The van der Waals surface area contributed by atoms with E-state index in [1.807, 2.05) is 6.92 Å². The van der Waals surface area contributed by atoms with Crippen molar-refractivity contribution in [2.45, 2.75) is 51.8 Å². The van der Waals surface area contributed by atoms with E-state index < -0.39 is 12.7 Å². The van der Waals surface area contributed by atoms with Gasteiger partial charge in [0.2, 0.25) is 11.8 Å². The molecule has 5 nitrogen and oxygen atoms in total. The molecular weight excluding hydrogens is 318 g/mol. The monoisotopic (exact) mass is 340 g/mol. The van der Waals surface area contributed by atoms with Crippen molar-refractivity contribution in [3.63, 3.8) is 0 Å². The van der Waals surface area contributed by atoms with E-state index in [9.17, 15) is 18.4 Å². The first-order valence-electron chi connectivity index (χ1n) is 8.12. The zero-order chi connectivity index (χ0) is 17.5. The molecule has 0 bridgehead atoms. The molecule has 1 N–H and O–H groups in total. The number of benzene rings is 1. The highest BCUT2D eigenvalue weighted by molar-refractivity contribution is 5.88. The number of halogens is 2. The fourth-order valence-electron chi connectivity index (χ4n) is 2.83. The summed E-state index contributed by atoms with van der Waals surface area (Å²) in [6.45, 7) is -0.149. The van der Waals surface area contributed by atoms with Crippen LogP contribution in [0.4, 0.5) is 8.78 Å². The normalized spacial score (nSPS) is 17.2. The van der Waals surface area contributed by atoms with Crippen LogP contribution in [-0.4, -0.2) is 35.9 Å². The summed E-state index contributed by atoms with van der Waals surface area (Å²) >= 11 is 0. The molecule has 2 amide bonds. The Balaban J connectivity index is 1.91. The lowest BCUT2D eigenvalue weighted by Gasteiger charge is -2.24. The third kappa shape index (κ3) is 4.91. The number of rotatable bonds is 7. The SMILES string of the molecule is CCCC(=O)N1CCCC1C(=O)NCc1cccc(OC(F)F)c1. The number of likely N-dealkylation sites (tertiary alicyclic amines) is 1. The van der Waals surface area contributed by atoms with Gasteiger partial charge < -0.3 is 15.0 Å². The molecule has 1 unspecified atom stereocenters. The Morgan fingerprint density at radius 1 is 1.42 bits per heavy atom. The predicted octanol–water partition coefficient (Wildman–Crippen LogP) is 2.70. The molecule has 0 radical (unpaired) electrons. The Hall–Kier alpha value is -2.18. The molecule has 0 spiro atoms. The maximum atomic E-state index is 12.3. The second-order valence-corrected chi connectivity index (χ2v) is 5.74. The first kappa shape index (κ1) is 18.2. The summed E-state index contributed by atoms with van der Waals surface area (Å²) in [6, 6.07) is 5.75. The molecule has 1 aromatic carbocycles. The van der Waals surface area contributed by atoms with E-state index in [4.69, 9.17) is 0 Å². The van der Waals surface area contributed by atoms with Crippen molar-refractivity contribution in [3.8, 4) is 5.75 Å². The van der Waals surface area contributed by atoms with Gasteiger partial charge in [-0.15, -0.1) is 0 Å². The molecule has 7 heteroatoms. The molecule has 1 heterocycles. The minimum absolute atomic E-state index is 0.00230. The summed E-state index contributed by atoms with van der Waals surface area (Å²) in [7, 11) is 0. The third-order valence-corrected chi connectivity index (χ3v) is 3.93. The van der Waals surface area contributed by atoms with Gasteiger partial charge in [-0.05, 0) is 37.0 Å². The number of carbonyl (C=O) groups excluding carboxylic acids is 2. The molecule has 2 rings (SSSR count). The van der Waals surface area contributed by atoms with E-state index in [0.29, 0.717) is 24.9 Å². The minimum Gasteiger partial charge on any atom is -0.435 e. The third-order valence-electron chi connectivity index (χ3n) is 3.93. The summed E-state index contributed by atoms with van der Waals surface area (Å²) < 4.78 is 28.8. The molecule has 132 valence electrons. The van der Waals surface area contributed by atoms with E-state index in [1.165, 1.54) is 12.1 Å². The van der Waals surface area contributed by atoms with E-state index in [1.54, 1.807) is 17.0 Å². The standard InChI is InChI=1S/C17H22F2N2O3/c1-2-5-15(22)21-9-4-8-14(21)16(23)20-11-12-6-3-7-13(10-12)24-17(18)19/h3,6-7,10,14,17H,2,4-5,8-9,11H2,1H3,(H,20,23). The molecule has 1 saturated heterocycles. The van der Waals surface area contributed by atoms with Gasteiger partial charge in [-0.3, -0.25) is 9.59 Å². The van der Waals surface area contributed by atoms with Crippen LogP contribution < -0.4 is 10.1 Å². The van der Waals surface area contributed by atoms with Gasteiger partial charge in [0, 0.05) is 19.5 Å². The van der Waals surface area contributed by atoms with Crippen molar-refractivity contribution in [1.29, 1.82) is 0 Å². The van der Waals surface area contributed by atoms with Crippen LogP contribution in [0.5, 0.6) is 5.75 Å². The lowest BCUT2D eigenvalue weighted by molar-refractivity contribution is -0.138. The van der Waals surface area contributed by atoms with Crippen LogP contribution in [0.1, 0.15) is 38.2 Å². The molecule has 0 aliphatic carbocycles. The van der Waals surface area contributed by atoms with Gasteiger partial charge in [-0.2, -0.15) is 8.78 Å². The van der Waals surface area contributed by atoms with Crippen LogP contribution in [0.15, 0.2) is 24.3 Å². The van der Waals surface area contributed by atoms with Gasteiger partial charge in [0.05, 0.1) is 0 Å². The van der Waals surface area contributed by atoms with Gasteiger partial charge >= 0.3 is 6.61 Å². The molecule has 1 fully saturated rings. The van der Waals surface area contributed by atoms with Gasteiger partial charge in [0.15, 0.2) is 0 Å². The Labute approximate surface area is 140 Å². The number of carbonyl (C=O) groups is 2. The number of hydrogen-bond donors (Lipinski definition) is 1. The van der Waals surface area contributed by atoms with Gasteiger partial charge in [-0.1, -0.05) is 19.1 Å². The van der Waals surface area contributed by atoms with Crippen LogP contribution in [0.25, 0.3) is 0 Å². The Bertz CT molecular complexity index is 581. The van der Waals surface area contributed by atoms with E-state index in [0.717, 1.165) is 12.8 Å². The predicted molar refractivity (Wildman–Crippen MR) is 84.6 cm³/mol. The molecule has 1 aromatic rings. The summed E-state index contributed by atoms with van der Waals surface area (Å²) in [4.78, 5) is 26.0. The maximum absolute atomic E-state index is 12.3. The largest absolute Gasteiger partial charge is 0.435 e. The molecular formula is C17H22F2N2O3. The Kier molecular flexibility index (Phi) is 6.52. The number of amides is 2. The first-order valence-corrected chi connectivity index (χ1v) is 8.12. The number of nitrogens with one attached hydrogen (secondary N) is 1. The van der Waals surface area contributed by atoms with Crippen molar-refractivity contribution >= 4 is 11.8 Å². The smallest absolute Gasteiger partial charge is 0.387 e. The minimum atomic E-state index is -2.88. The summed E-state index contributed by atoms with van der Waals surface area (Å²) in [5.41, 5.74) is 0.658. The molecule has 0 saturated carbocycles. The van der Waals surface area contributed by atoms with E-state index in [2.05, 4.69) is 10.1 Å². The average molecular weight is 340 g/mol. The number of hydrogen-bond acceptors (Lipinski definition) is 3. The van der Waals surface area contributed by atoms with Crippen LogP contribution >= 0.6 is 0 Å². The van der Waals surface area contributed by atoms with Crippen LogP contribution in [0, 0.1) is 0 Å². The van der Waals surface area contributed by atoms with Crippen molar-refractivity contribution in [2.75, 3.05) is 6.54 Å². The van der Waals surface area contributed by atoms with Gasteiger partial charge in [0.1, 0.15) is 11.8 Å². The first-order chi connectivity index (χ1) is 11.5. The van der Waals surface area contributed by atoms with Crippen molar-refractivity contribution in [3.05, 3.63) is 29.8 Å². The lowest BCUT2D eigenvalue weighted by Crippen LogP contribution is -2.45. The average Bonchev–Trinajstić information content (AvgIpc) is 3.02. The topological polar surface area (TPSA) is 58.6 Å². The molecule has 24 heavy (non-hydrogen) atoms. The highest BCUT2D eigenvalue weighted by Gasteiger charge is 2.33. The van der Waals surface area contributed by atoms with Crippen LogP contribution in [-0.2, 0) is 16.1 Å². The highest BCUT2D eigenvalue weighted by Crippen LogP contribution is 2.20. The fraction of sp³-hybridized carbons (Fsp3) is 0.529. The molecule has 1 aliphatic rings. The maximum Gasteiger partial charge on any atom is 0.387 e. The summed E-state index contributed by atoms with van der Waals surface area (Å²) in [5.74, 6) is -0.156.